The summed E-state index contributed by atoms with van der Waals surface area (Å²) in [6, 6.07) is 0.645. The highest BCUT2D eigenvalue weighted by molar-refractivity contribution is 7.19. The molecule has 2 N–H and O–H groups in total. The van der Waals surface area contributed by atoms with Crippen molar-refractivity contribution in [2.45, 2.75) is 84.6 Å². The Labute approximate surface area is 228 Å². The molecule has 3 aliphatic rings. The van der Waals surface area contributed by atoms with Crippen molar-refractivity contribution in [2.75, 3.05) is 19.6 Å². The summed E-state index contributed by atoms with van der Waals surface area (Å²) in [5.74, 6) is 1.34. The first-order chi connectivity index (χ1) is 18.3. The van der Waals surface area contributed by atoms with Gasteiger partial charge in [-0.25, -0.2) is 9.50 Å². The summed E-state index contributed by atoms with van der Waals surface area (Å²) in [6.07, 6.45) is 9.77. The summed E-state index contributed by atoms with van der Waals surface area (Å²) >= 11 is 1.98. The van der Waals surface area contributed by atoms with Gasteiger partial charge in [0.2, 0.25) is 5.91 Å². The van der Waals surface area contributed by atoms with E-state index in [0.29, 0.717) is 23.8 Å². The minimum Gasteiger partial charge on any atom is -0.355 e. The number of fused-ring (bicyclic) bond motifs is 2. The molecule has 7 rings (SSSR count). The molecule has 2 saturated heterocycles. The predicted molar refractivity (Wildman–Crippen MR) is 153 cm³/mol. The fourth-order valence-corrected chi connectivity index (χ4v) is 8.99. The number of hydrogen-bond acceptors (Lipinski definition) is 5. The Hall–Kier alpha value is -2.71. The normalized spacial score (nSPS) is 23.7. The van der Waals surface area contributed by atoms with Crippen LogP contribution in [0.1, 0.15) is 84.9 Å². The number of aryl methyl sites for hydroxylation is 2. The van der Waals surface area contributed by atoms with E-state index in [4.69, 9.17) is 0 Å². The lowest BCUT2D eigenvalue weighted by atomic mass is 9.74. The molecule has 1 spiro atoms. The molecule has 38 heavy (non-hydrogen) atoms. The number of H-pyrrole nitrogens is 1. The van der Waals surface area contributed by atoms with Gasteiger partial charge in [-0.15, -0.1) is 11.3 Å². The summed E-state index contributed by atoms with van der Waals surface area (Å²) in [7, 11) is 0. The van der Waals surface area contributed by atoms with Gasteiger partial charge in [-0.1, -0.05) is 13.8 Å². The molecule has 2 aliphatic heterocycles. The van der Waals surface area contributed by atoms with E-state index in [9.17, 15) is 4.79 Å². The third-order valence-corrected chi connectivity index (χ3v) is 11.3. The molecule has 200 valence electrons. The first-order valence-electron chi connectivity index (χ1n) is 14.2. The molecule has 0 bridgehead atoms. The van der Waals surface area contributed by atoms with Crippen LogP contribution in [0.2, 0.25) is 0 Å². The number of aromatic nitrogens is 4. The SMILES string of the molecule is Cc1c(-c2[nH]c3sc([C@H]4CC[C@H](N5CC6(CCNC6=O)C5)CC4)c(C)c3c2C(C)C)cn2ncnc2c1C. The predicted octanol–water partition coefficient (Wildman–Crippen LogP) is 5.84. The van der Waals surface area contributed by atoms with Gasteiger partial charge in [0.25, 0.3) is 0 Å². The maximum atomic E-state index is 12.3. The van der Waals surface area contributed by atoms with Gasteiger partial charge in [0.1, 0.15) is 11.2 Å². The number of nitrogens with zero attached hydrogens (tertiary/aromatic N) is 4. The second kappa shape index (κ2) is 8.65. The molecule has 0 radical (unpaired) electrons. The lowest BCUT2D eigenvalue weighted by Gasteiger charge is -2.51. The second-order valence-electron chi connectivity index (χ2n) is 12.4. The smallest absolute Gasteiger partial charge is 0.228 e. The summed E-state index contributed by atoms with van der Waals surface area (Å²) < 4.78 is 1.91. The fraction of sp³-hybridized carbons (Fsp3) is 0.567. The van der Waals surface area contributed by atoms with Gasteiger partial charge in [0, 0.05) is 47.7 Å². The van der Waals surface area contributed by atoms with Crippen LogP contribution in [0.25, 0.3) is 27.1 Å². The number of likely N-dealkylation sites (tertiary alicyclic amines) is 1. The number of thiophene rings is 1. The maximum Gasteiger partial charge on any atom is 0.228 e. The van der Waals surface area contributed by atoms with E-state index < -0.39 is 0 Å². The molecule has 1 saturated carbocycles. The van der Waals surface area contributed by atoms with E-state index >= 15 is 0 Å². The minimum absolute atomic E-state index is 0.0691. The Bertz CT molecular complexity index is 1560. The Balaban J connectivity index is 1.16. The molecular weight excluding hydrogens is 492 g/mol. The lowest BCUT2D eigenvalue weighted by Crippen LogP contribution is -2.62. The zero-order valence-electron chi connectivity index (χ0n) is 23.1. The van der Waals surface area contributed by atoms with Crippen molar-refractivity contribution in [3.8, 4) is 11.3 Å². The van der Waals surface area contributed by atoms with E-state index in [0.717, 1.165) is 31.7 Å². The third-order valence-electron chi connectivity index (χ3n) is 9.90. The Kier molecular flexibility index (Phi) is 5.54. The molecule has 0 atom stereocenters. The summed E-state index contributed by atoms with van der Waals surface area (Å²) in [5, 5.41) is 8.92. The van der Waals surface area contributed by atoms with Crippen LogP contribution in [0.4, 0.5) is 0 Å². The van der Waals surface area contributed by atoms with Crippen LogP contribution >= 0.6 is 11.3 Å². The highest BCUT2D eigenvalue weighted by atomic mass is 32.1. The zero-order valence-corrected chi connectivity index (χ0v) is 24.0. The van der Waals surface area contributed by atoms with Crippen LogP contribution in [0.15, 0.2) is 12.5 Å². The van der Waals surface area contributed by atoms with Crippen LogP contribution in [0, 0.1) is 26.2 Å². The third kappa shape index (κ3) is 3.45. The molecule has 6 heterocycles. The molecule has 8 heteroatoms. The number of carbonyl (C=O) groups is 1. The van der Waals surface area contributed by atoms with E-state index in [2.05, 4.69) is 66.1 Å². The molecular formula is C30H38N6OS. The van der Waals surface area contributed by atoms with Crippen LogP contribution in [0.5, 0.6) is 0 Å². The summed E-state index contributed by atoms with van der Waals surface area (Å²) in [4.78, 5) is 26.1. The van der Waals surface area contributed by atoms with Gasteiger partial charge in [-0.3, -0.25) is 9.69 Å². The van der Waals surface area contributed by atoms with E-state index in [1.807, 2.05) is 15.9 Å². The average Bonchev–Trinajstić information content (AvgIpc) is 3.64. The maximum absolute atomic E-state index is 12.3. The molecule has 4 aromatic heterocycles. The lowest BCUT2D eigenvalue weighted by molar-refractivity contribution is -0.139. The number of aromatic amines is 1. The Morgan fingerprint density at radius 3 is 2.53 bits per heavy atom. The van der Waals surface area contributed by atoms with Crippen molar-refractivity contribution < 1.29 is 4.79 Å². The van der Waals surface area contributed by atoms with Crippen LogP contribution in [-0.2, 0) is 4.79 Å². The van der Waals surface area contributed by atoms with Crippen molar-refractivity contribution in [2.24, 2.45) is 5.41 Å². The van der Waals surface area contributed by atoms with Crippen molar-refractivity contribution in [3.63, 3.8) is 0 Å². The number of carbonyl (C=O) groups excluding carboxylic acids is 1. The molecule has 0 aromatic carbocycles. The molecule has 3 fully saturated rings. The number of nitrogens with one attached hydrogen (secondary N) is 2. The summed E-state index contributed by atoms with van der Waals surface area (Å²) in [5.41, 5.74) is 8.67. The van der Waals surface area contributed by atoms with Crippen molar-refractivity contribution in [1.82, 2.24) is 29.8 Å². The topological polar surface area (TPSA) is 78.3 Å². The standard InChI is InChI=1S/C30H38N6OS/c1-16(2)23-24-19(5)26(20-6-8-21(9-7-20)35-13-30(14-35)10-11-31-29(30)37)38-28(24)34-25(23)22-12-36-27(32-15-33-36)18(4)17(22)3/h12,15-16,20-21,34H,6-11,13-14H2,1-5H3,(H,31,37)/t20-,21-. The van der Waals surface area contributed by atoms with Gasteiger partial charge >= 0.3 is 0 Å². The first kappa shape index (κ1) is 24.3. The summed E-state index contributed by atoms with van der Waals surface area (Å²) in [6.45, 7) is 14.1. The monoisotopic (exact) mass is 530 g/mol. The first-order valence-corrected chi connectivity index (χ1v) is 15.1. The second-order valence-corrected chi connectivity index (χ2v) is 13.4. The quantitative estimate of drug-likeness (QED) is 0.348. The highest BCUT2D eigenvalue weighted by Gasteiger charge is 2.53. The fourth-order valence-electron chi connectivity index (χ4n) is 7.59. The molecule has 1 aliphatic carbocycles. The highest BCUT2D eigenvalue weighted by Crippen LogP contribution is 2.49. The van der Waals surface area contributed by atoms with Gasteiger partial charge in [-0.2, -0.15) is 5.10 Å². The zero-order chi connectivity index (χ0) is 26.3. The average molecular weight is 531 g/mol. The van der Waals surface area contributed by atoms with Crippen molar-refractivity contribution >= 4 is 33.1 Å². The molecule has 1 amide bonds. The van der Waals surface area contributed by atoms with Crippen LogP contribution < -0.4 is 5.32 Å². The number of rotatable bonds is 4. The number of hydrogen-bond donors (Lipinski definition) is 2. The number of pyridine rings is 1. The van der Waals surface area contributed by atoms with Gasteiger partial charge in [0.15, 0.2) is 5.65 Å². The Morgan fingerprint density at radius 2 is 1.84 bits per heavy atom. The Morgan fingerprint density at radius 1 is 1.08 bits per heavy atom. The van der Waals surface area contributed by atoms with E-state index in [1.165, 1.54) is 69.4 Å². The number of amides is 1. The minimum atomic E-state index is -0.0691. The van der Waals surface area contributed by atoms with Crippen LogP contribution in [-0.4, -0.2) is 56.1 Å². The van der Waals surface area contributed by atoms with Gasteiger partial charge in [0.05, 0.1) is 11.1 Å². The van der Waals surface area contributed by atoms with Crippen molar-refractivity contribution in [1.29, 1.82) is 0 Å². The van der Waals surface area contributed by atoms with E-state index in [-0.39, 0.29) is 5.41 Å². The van der Waals surface area contributed by atoms with Gasteiger partial charge in [-0.05, 0) is 87.0 Å². The molecule has 7 nitrogen and oxygen atoms in total. The molecule has 4 aromatic rings. The largest absolute Gasteiger partial charge is 0.355 e. The van der Waals surface area contributed by atoms with E-state index in [1.54, 1.807) is 11.2 Å². The van der Waals surface area contributed by atoms with Gasteiger partial charge < -0.3 is 10.3 Å². The van der Waals surface area contributed by atoms with Crippen LogP contribution in [0.3, 0.4) is 0 Å². The van der Waals surface area contributed by atoms with Crippen molar-refractivity contribution in [3.05, 3.63) is 39.7 Å². The molecule has 0 unspecified atom stereocenters.